The highest BCUT2D eigenvalue weighted by atomic mass is 32.1. The SMILES string of the molecule is CCc1nnsc1C(O)CCC(C)(C)OC. The average molecular weight is 244 g/mol. The molecule has 0 fully saturated rings. The lowest BCUT2D eigenvalue weighted by atomic mass is 9.99. The monoisotopic (exact) mass is 244 g/mol. The second-order valence-corrected chi connectivity index (χ2v) is 5.24. The maximum atomic E-state index is 10.1. The summed E-state index contributed by atoms with van der Waals surface area (Å²) in [5.41, 5.74) is 0.721. The number of aryl methyl sites for hydroxylation is 1. The molecule has 1 unspecified atom stereocenters. The van der Waals surface area contributed by atoms with Crippen LogP contribution >= 0.6 is 11.5 Å². The number of aliphatic hydroxyl groups excluding tert-OH is 1. The average Bonchev–Trinajstić information content (AvgIpc) is 2.74. The molecular formula is C11H20N2O2S. The fraction of sp³-hybridized carbons (Fsp3) is 0.818. The zero-order valence-electron chi connectivity index (χ0n) is 10.4. The number of hydrogen-bond acceptors (Lipinski definition) is 5. The Morgan fingerprint density at radius 1 is 1.50 bits per heavy atom. The van der Waals surface area contributed by atoms with E-state index >= 15 is 0 Å². The van der Waals surface area contributed by atoms with Crippen molar-refractivity contribution in [2.75, 3.05) is 7.11 Å². The highest BCUT2D eigenvalue weighted by Crippen LogP contribution is 2.28. The van der Waals surface area contributed by atoms with Gasteiger partial charge in [0.05, 0.1) is 22.3 Å². The first kappa shape index (κ1) is 13.5. The lowest BCUT2D eigenvalue weighted by Crippen LogP contribution is -2.23. The van der Waals surface area contributed by atoms with Gasteiger partial charge in [-0.2, -0.15) is 0 Å². The Hall–Kier alpha value is -0.520. The second kappa shape index (κ2) is 5.70. The van der Waals surface area contributed by atoms with Gasteiger partial charge in [-0.05, 0) is 44.6 Å². The van der Waals surface area contributed by atoms with E-state index in [-0.39, 0.29) is 5.60 Å². The van der Waals surface area contributed by atoms with Gasteiger partial charge >= 0.3 is 0 Å². The minimum absolute atomic E-state index is 0.189. The molecule has 5 heteroatoms. The Morgan fingerprint density at radius 2 is 2.19 bits per heavy atom. The first-order valence-corrected chi connectivity index (χ1v) is 6.32. The molecule has 0 aliphatic carbocycles. The predicted octanol–water partition coefficient (Wildman–Crippen LogP) is 2.34. The van der Waals surface area contributed by atoms with Crippen LogP contribution in [0.4, 0.5) is 0 Å². The van der Waals surface area contributed by atoms with Crippen molar-refractivity contribution in [3.8, 4) is 0 Å². The van der Waals surface area contributed by atoms with Gasteiger partial charge in [0.25, 0.3) is 0 Å². The maximum Gasteiger partial charge on any atom is 0.0918 e. The Kier molecular flexibility index (Phi) is 4.83. The van der Waals surface area contributed by atoms with E-state index in [2.05, 4.69) is 9.59 Å². The maximum absolute atomic E-state index is 10.1. The van der Waals surface area contributed by atoms with Crippen LogP contribution in [-0.4, -0.2) is 27.4 Å². The third kappa shape index (κ3) is 3.50. The Labute approximate surface area is 101 Å². The van der Waals surface area contributed by atoms with Crippen LogP contribution in [0.5, 0.6) is 0 Å². The lowest BCUT2D eigenvalue weighted by molar-refractivity contribution is 0.00301. The van der Waals surface area contributed by atoms with Gasteiger partial charge < -0.3 is 9.84 Å². The van der Waals surface area contributed by atoms with E-state index in [1.807, 2.05) is 20.8 Å². The van der Waals surface area contributed by atoms with E-state index in [0.29, 0.717) is 6.42 Å². The molecule has 0 aliphatic heterocycles. The fourth-order valence-corrected chi connectivity index (χ4v) is 2.19. The van der Waals surface area contributed by atoms with Gasteiger partial charge in [-0.25, -0.2) is 0 Å². The van der Waals surface area contributed by atoms with Crippen LogP contribution < -0.4 is 0 Å². The smallest absolute Gasteiger partial charge is 0.0918 e. The van der Waals surface area contributed by atoms with Crippen LogP contribution in [0.25, 0.3) is 0 Å². The summed E-state index contributed by atoms with van der Waals surface area (Å²) in [6, 6.07) is 0. The Morgan fingerprint density at radius 3 is 2.75 bits per heavy atom. The third-order valence-corrected chi connectivity index (χ3v) is 3.66. The minimum atomic E-state index is -0.468. The number of methoxy groups -OCH3 is 1. The van der Waals surface area contributed by atoms with Crippen LogP contribution in [-0.2, 0) is 11.2 Å². The van der Waals surface area contributed by atoms with Crippen molar-refractivity contribution in [2.24, 2.45) is 0 Å². The minimum Gasteiger partial charge on any atom is -0.387 e. The molecule has 1 rings (SSSR count). The van der Waals surface area contributed by atoms with Crippen molar-refractivity contribution in [3.05, 3.63) is 10.6 Å². The zero-order valence-corrected chi connectivity index (χ0v) is 11.2. The van der Waals surface area contributed by atoms with Crippen molar-refractivity contribution in [1.29, 1.82) is 0 Å². The number of aromatic nitrogens is 2. The van der Waals surface area contributed by atoms with E-state index in [0.717, 1.165) is 23.4 Å². The quantitative estimate of drug-likeness (QED) is 0.834. The molecule has 0 amide bonds. The molecule has 16 heavy (non-hydrogen) atoms. The summed E-state index contributed by atoms with van der Waals surface area (Å²) in [6.07, 6.45) is 1.84. The summed E-state index contributed by atoms with van der Waals surface area (Å²) in [7, 11) is 1.69. The number of nitrogens with zero attached hydrogens (tertiary/aromatic N) is 2. The van der Waals surface area contributed by atoms with Gasteiger partial charge in [-0.3, -0.25) is 0 Å². The van der Waals surface area contributed by atoms with Crippen molar-refractivity contribution >= 4 is 11.5 Å². The zero-order chi connectivity index (χ0) is 12.2. The highest BCUT2D eigenvalue weighted by Gasteiger charge is 2.21. The molecule has 0 aromatic carbocycles. The number of rotatable bonds is 6. The van der Waals surface area contributed by atoms with Crippen molar-refractivity contribution in [1.82, 2.24) is 9.59 Å². The van der Waals surface area contributed by atoms with Crippen LogP contribution in [0.15, 0.2) is 0 Å². The van der Waals surface area contributed by atoms with E-state index in [1.165, 1.54) is 11.5 Å². The summed E-state index contributed by atoms with van der Waals surface area (Å²) in [4.78, 5) is 0.898. The van der Waals surface area contributed by atoms with Gasteiger partial charge in [0.15, 0.2) is 0 Å². The van der Waals surface area contributed by atoms with Gasteiger partial charge in [-0.15, -0.1) is 5.10 Å². The van der Waals surface area contributed by atoms with Crippen molar-refractivity contribution in [2.45, 2.75) is 51.7 Å². The van der Waals surface area contributed by atoms with E-state index < -0.39 is 6.10 Å². The van der Waals surface area contributed by atoms with Gasteiger partial charge in [0, 0.05) is 7.11 Å². The van der Waals surface area contributed by atoms with E-state index in [9.17, 15) is 5.11 Å². The number of ether oxygens (including phenoxy) is 1. The molecule has 1 aromatic rings. The molecule has 0 saturated carbocycles. The Balaban J connectivity index is 2.56. The van der Waals surface area contributed by atoms with Crippen LogP contribution in [0.2, 0.25) is 0 Å². The molecule has 1 heterocycles. The summed E-state index contributed by atoms with van der Waals surface area (Å²) in [5, 5.41) is 14.1. The third-order valence-electron chi connectivity index (χ3n) is 2.80. The number of hydrogen-bond donors (Lipinski definition) is 1. The molecule has 0 saturated heterocycles. The molecule has 92 valence electrons. The largest absolute Gasteiger partial charge is 0.387 e. The Bertz CT molecular complexity index is 326. The molecule has 0 spiro atoms. The van der Waals surface area contributed by atoms with Gasteiger partial charge in [0.2, 0.25) is 0 Å². The molecule has 0 aliphatic rings. The van der Waals surface area contributed by atoms with Gasteiger partial charge in [0.1, 0.15) is 0 Å². The first-order valence-electron chi connectivity index (χ1n) is 5.54. The van der Waals surface area contributed by atoms with E-state index in [1.54, 1.807) is 7.11 Å². The number of aliphatic hydroxyl groups is 1. The summed E-state index contributed by atoms with van der Waals surface area (Å²) in [5.74, 6) is 0. The molecular weight excluding hydrogens is 224 g/mol. The molecule has 4 nitrogen and oxygen atoms in total. The normalized spacial score (nSPS) is 14.1. The standard InChI is InChI=1S/C11H20N2O2S/c1-5-8-10(16-13-12-8)9(14)6-7-11(2,3)15-4/h9,14H,5-7H2,1-4H3. The lowest BCUT2D eigenvalue weighted by Gasteiger charge is -2.23. The predicted molar refractivity (Wildman–Crippen MR) is 64.6 cm³/mol. The van der Waals surface area contributed by atoms with E-state index in [4.69, 9.17) is 4.74 Å². The topological polar surface area (TPSA) is 55.2 Å². The summed E-state index contributed by atoms with van der Waals surface area (Å²) in [6.45, 7) is 6.06. The highest BCUT2D eigenvalue weighted by molar-refractivity contribution is 7.05. The molecule has 1 aromatic heterocycles. The molecule has 1 atom stereocenters. The van der Waals surface area contributed by atoms with Crippen molar-refractivity contribution < 1.29 is 9.84 Å². The molecule has 0 bridgehead atoms. The second-order valence-electron chi connectivity index (χ2n) is 4.46. The van der Waals surface area contributed by atoms with Crippen LogP contribution in [0, 0.1) is 0 Å². The first-order chi connectivity index (χ1) is 7.50. The molecule has 1 N–H and O–H groups in total. The summed E-state index contributed by atoms with van der Waals surface area (Å²) < 4.78 is 9.20. The summed E-state index contributed by atoms with van der Waals surface area (Å²) >= 11 is 1.29. The van der Waals surface area contributed by atoms with Gasteiger partial charge in [-0.1, -0.05) is 11.4 Å². The van der Waals surface area contributed by atoms with Crippen molar-refractivity contribution in [3.63, 3.8) is 0 Å². The van der Waals surface area contributed by atoms with Crippen LogP contribution in [0.3, 0.4) is 0 Å². The van der Waals surface area contributed by atoms with Crippen LogP contribution in [0.1, 0.15) is 50.3 Å². The fourth-order valence-electron chi connectivity index (χ4n) is 1.43. The molecule has 0 radical (unpaired) electrons.